The fourth-order valence-electron chi connectivity index (χ4n) is 3.88. The molecule has 1 aliphatic heterocycles. The van der Waals surface area contributed by atoms with Gasteiger partial charge in [-0.25, -0.2) is 0 Å². The smallest absolute Gasteiger partial charge is 0.264 e. The van der Waals surface area contributed by atoms with E-state index in [0.29, 0.717) is 33.9 Å². The van der Waals surface area contributed by atoms with Crippen LogP contribution in [0.3, 0.4) is 0 Å². The number of carbonyl (C=O) groups is 2. The van der Waals surface area contributed by atoms with Crippen molar-refractivity contribution < 1.29 is 23.6 Å². The fraction of sp³-hybridized carbons (Fsp3) is 0.217. The van der Waals surface area contributed by atoms with Gasteiger partial charge in [0.2, 0.25) is 0 Å². The highest BCUT2D eigenvalue weighted by molar-refractivity contribution is 7.90. The summed E-state index contributed by atoms with van der Waals surface area (Å²) in [5.74, 6) is 0.296. The zero-order chi connectivity index (χ0) is 22.1. The summed E-state index contributed by atoms with van der Waals surface area (Å²) >= 11 is -1.26. The highest BCUT2D eigenvalue weighted by Gasteiger charge is 2.43. The number of hydrogen-bond acceptors (Lipinski definition) is 5. The summed E-state index contributed by atoms with van der Waals surface area (Å²) in [6.45, 7) is 0. The molecule has 0 radical (unpaired) electrons. The first kappa shape index (κ1) is 21.0. The molecule has 1 aromatic heterocycles. The maximum absolute atomic E-state index is 13.5. The topological polar surface area (TPSA) is 83.8 Å². The van der Waals surface area contributed by atoms with Crippen molar-refractivity contribution in [3.63, 3.8) is 0 Å². The molecule has 0 bridgehead atoms. The van der Waals surface area contributed by atoms with Crippen molar-refractivity contribution in [2.24, 2.45) is 0 Å². The number of hydrogen-bond donors (Lipinski definition) is 0. The standard InChI is InChI=1S/C23H22N2O5S/c1-29-19-10-9-15(13-20(19)30-2)18(14-31(3)28)25-22(26)16-7-6-8-17(21(16)23(25)27)24-11-4-5-12-24/h4-13,18H,14H2,1-3H3. The van der Waals surface area contributed by atoms with Crippen LogP contribution in [-0.4, -0.2) is 52.1 Å². The van der Waals surface area contributed by atoms with Gasteiger partial charge in [0.15, 0.2) is 11.5 Å². The molecule has 2 atom stereocenters. The first-order valence-corrected chi connectivity index (χ1v) is 11.3. The molecular weight excluding hydrogens is 416 g/mol. The number of ether oxygens (including phenoxy) is 2. The lowest BCUT2D eigenvalue weighted by molar-refractivity contribution is 0.0597. The number of imide groups is 1. The maximum Gasteiger partial charge on any atom is 0.264 e. The van der Waals surface area contributed by atoms with Gasteiger partial charge >= 0.3 is 0 Å². The number of nitrogens with zero attached hydrogens (tertiary/aromatic N) is 2. The van der Waals surface area contributed by atoms with E-state index in [1.54, 1.807) is 47.2 Å². The lowest BCUT2D eigenvalue weighted by Crippen LogP contribution is -2.37. The second-order valence-corrected chi connectivity index (χ2v) is 8.62. The van der Waals surface area contributed by atoms with Gasteiger partial charge in [0.05, 0.1) is 37.3 Å². The molecule has 3 aromatic rings. The number of methoxy groups -OCH3 is 2. The number of carbonyl (C=O) groups excluding carboxylic acids is 2. The molecule has 0 fully saturated rings. The second-order valence-electron chi connectivity index (χ2n) is 7.14. The van der Waals surface area contributed by atoms with Crippen molar-refractivity contribution in [1.29, 1.82) is 0 Å². The number of amides is 2. The van der Waals surface area contributed by atoms with Crippen LogP contribution in [0.5, 0.6) is 11.5 Å². The van der Waals surface area contributed by atoms with E-state index in [0.717, 1.165) is 0 Å². The van der Waals surface area contributed by atoms with E-state index in [4.69, 9.17) is 9.47 Å². The van der Waals surface area contributed by atoms with Crippen LogP contribution in [0.2, 0.25) is 0 Å². The van der Waals surface area contributed by atoms with E-state index in [2.05, 4.69) is 0 Å². The fourth-order valence-corrected chi connectivity index (χ4v) is 4.67. The summed E-state index contributed by atoms with van der Waals surface area (Å²) < 4.78 is 24.7. The monoisotopic (exact) mass is 438 g/mol. The Kier molecular flexibility index (Phi) is 5.75. The van der Waals surface area contributed by atoms with Crippen molar-refractivity contribution in [3.05, 3.63) is 77.6 Å². The lowest BCUT2D eigenvalue weighted by Gasteiger charge is -2.27. The van der Waals surface area contributed by atoms with Crippen molar-refractivity contribution in [2.75, 3.05) is 26.2 Å². The molecule has 0 spiro atoms. The molecule has 0 saturated carbocycles. The summed E-state index contributed by atoms with van der Waals surface area (Å²) in [6, 6.07) is 13.4. The van der Waals surface area contributed by atoms with Crippen molar-refractivity contribution in [2.45, 2.75) is 6.04 Å². The largest absolute Gasteiger partial charge is 0.616 e. The van der Waals surface area contributed by atoms with Crippen LogP contribution in [0.1, 0.15) is 32.3 Å². The molecule has 160 valence electrons. The molecule has 2 amide bonds. The van der Waals surface area contributed by atoms with E-state index < -0.39 is 29.0 Å². The van der Waals surface area contributed by atoms with Crippen LogP contribution in [0.15, 0.2) is 60.9 Å². The molecule has 8 heteroatoms. The average molecular weight is 439 g/mol. The Hall–Kier alpha value is -3.23. The first-order chi connectivity index (χ1) is 15.0. The molecular formula is C23H22N2O5S. The lowest BCUT2D eigenvalue weighted by atomic mass is 10.1. The van der Waals surface area contributed by atoms with E-state index in [-0.39, 0.29) is 5.75 Å². The SMILES string of the molecule is COc1ccc(C(C[S+](C)[O-])N2C(=O)c3cccc(-n4cccc4)c3C2=O)cc1OC. The Morgan fingerprint density at radius 1 is 0.968 bits per heavy atom. The minimum atomic E-state index is -1.26. The van der Waals surface area contributed by atoms with E-state index >= 15 is 0 Å². The summed E-state index contributed by atoms with van der Waals surface area (Å²) in [4.78, 5) is 28.1. The van der Waals surface area contributed by atoms with Crippen LogP contribution in [0.25, 0.3) is 5.69 Å². The number of rotatable bonds is 7. The summed E-state index contributed by atoms with van der Waals surface area (Å²) in [6.07, 6.45) is 5.20. The van der Waals surface area contributed by atoms with Gasteiger partial charge in [0.25, 0.3) is 11.8 Å². The van der Waals surface area contributed by atoms with Crippen molar-refractivity contribution in [1.82, 2.24) is 9.47 Å². The van der Waals surface area contributed by atoms with Crippen LogP contribution >= 0.6 is 0 Å². The second kappa shape index (κ2) is 8.49. The highest BCUT2D eigenvalue weighted by atomic mass is 32.2. The zero-order valence-electron chi connectivity index (χ0n) is 17.4. The average Bonchev–Trinajstić information content (AvgIpc) is 3.39. The van der Waals surface area contributed by atoms with Gasteiger partial charge in [-0.05, 0) is 42.0 Å². The molecule has 1 aliphatic rings. The van der Waals surface area contributed by atoms with Crippen molar-refractivity contribution >= 4 is 23.0 Å². The summed E-state index contributed by atoms with van der Waals surface area (Å²) in [5.41, 5.74) is 1.96. The van der Waals surface area contributed by atoms with Gasteiger partial charge in [0, 0.05) is 12.4 Å². The Labute approximate surface area is 183 Å². The van der Waals surface area contributed by atoms with Crippen molar-refractivity contribution in [3.8, 4) is 17.2 Å². The maximum atomic E-state index is 13.5. The van der Waals surface area contributed by atoms with Crippen LogP contribution in [-0.2, 0) is 11.2 Å². The Morgan fingerprint density at radius 3 is 2.32 bits per heavy atom. The van der Waals surface area contributed by atoms with Crippen LogP contribution in [0.4, 0.5) is 0 Å². The normalized spacial score (nSPS) is 15.0. The molecule has 0 aliphatic carbocycles. The Bertz CT molecular complexity index is 1130. The Balaban J connectivity index is 1.81. The molecule has 0 N–H and O–H groups in total. The van der Waals surface area contributed by atoms with Gasteiger partial charge in [-0.1, -0.05) is 23.3 Å². The number of benzene rings is 2. The minimum absolute atomic E-state index is 0.111. The van der Waals surface area contributed by atoms with Gasteiger partial charge in [-0.3, -0.25) is 14.5 Å². The number of fused-ring (bicyclic) bond motifs is 1. The van der Waals surface area contributed by atoms with Gasteiger partial charge in [-0.2, -0.15) is 0 Å². The minimum Gasteiger partial charge on any atom is -0.616 e. The highest BCUT2D eigenvalue weighted by Crippen LogP contribution is 2.38. The quantitative estimate of drug-likeness (QED) is 0.418. The van der Waals surface area contributed by atoms with Gasteiger partial charge < -0.3 is 18.6 Å². The Morgan fingerprint density at radius 2 is 1.68 bits per heavy atom. The predicted molar refractivity (Wildman–Crippen MR) is 117 cm³/mol. The van der Waals surface area contributed by atoms with Crippen LogP contribution < -0.4 is 9.47 Å². The molecule has 2 heterocycles. The summed E-state index contributed by atoms with van der Waals surface area (Å²) in [5, 5.41) is 0. The molecule has 31 heavy (non-hydrogen) atoms. The third-order valence-electron chi connectivity index (χ3n) is 5.30. The van der Waals surface area contributed by atoms with E-state index in [1.807, 2.05) is 24.5 Å². The molecule has 2 unspecified atom stereocenters. The van der Waals surface area contributed by atoms with E-state index in [1.165, 1.54) is 19.1 Å². The van der Waals surface area contributed by atoms with Crippen LogP contribution in [0, 0.1) is 0 Å². The summed E-state index contributed by atoms with van der Waals surface area (Å²) in [7, 11) is 3.04. The third-order valence-corrected chi connectivity index (χ3v) is 6.09. The van der Waals surface area contributed by atoms with E-state index in [9.17, 15) is 14.1 Å². The first-order valence-electron chi connectivity index (χ1n) is 9.62. The van der Waals surface area contributed by atoms with Gasteiger partial charge in [-0.15, -0.1) is 0 Å². The molecule has 2 aromatic carbocycles. The molecule has 7 nitrogen and oxygen atoms in total. The van der Waals surface area contributed by atoms with Gasteiger partial charge in [0.1, 0.15) is 11.8 Å². The number of aromatic nitrogens is 1. The predicted octanol–water partition coefficient (Wildman–Crippen LogP) is 3.21. The molecule has 0 saturated heterocycles. The molecule has 4 rings (SSSR count). The zero-order valence-corrected chi connectivity index (χ0v) is 18.2. The third kappa shape index (κ3) is 3.68.